The molecule has 1 aliphatic carbocycles. The fourth-order valence-electron chi connectivity index (χ4n) is 1.91. The zero-order valence-electron chi connectivity index (χ0n) is 10.6. The van der Waals surface area contributed by atoms with Crippen LogP contribution in [0.4, 0.5) is 0 Å². The summed E-state index contributed by atoms with van der Waals surface area (Å²) in [6.07, 6.45) is 2.03. The maximum absolute atomic E-state index is 11.9. The third-order valence-corrected chi connectivity index (χ3v) is 4.74. The number of rotatable bonds is 5. The Morgan fingerprint density at radius 1 is 1.58 bits per heavy atom. The van der Waals surface area contributed by atoms with E-state index in [2.05, 4.69) is 11.4 Å². The van der Waals surface area contributed by atoms with Gasteiger partial charge in [0.05, 0.1) is 16.8 Å². The number of benzene rings is 1. The monoisotopic (exact) mass is 294 g/mol. The smallest absolute Gasteiger partial charge is 0.231 e. The van der Waals surface area contributed by atoms with Crippen LogP contribution < -0.4 is 5.32 Å². The van der Waals surface area contributed by atoms with E-state index in [-0.39, 0.29) is 11.7 Å². The lowest BCUT2D eigenvalue weighted by Crippen LogP contribution is -2.47. The molecule has 1 unspecified atom stereocenters. The molecule has 1 aliphatic rings. The van der Waals surface area contributed by atoms with E-state index >= 15 is 0 Å². The molecule has 0 radical (unpaired) electrons. The molecule has 5 heteroatoms. The summed E-state index contributed by atoms with van der Waals surface area (Å²) < 4.78 is 0. The van der Waals surface area contributed by atoms with Gasteiger partial charge in [-0.05, 0) is 37.8 Å². The Hall–Kier alpha value is -1.18. The molecule has 0 spiro atoms. The molecular weight excluding hydrogens is 280 g/mol. The van der Waals surface area contributed by atoms with E-state index in [4.69, 9.17) is 11.6 Å². The minimum atomic E-state index is -0.724. The lowest BCUT2D eigenvalue weighted by molar-refractivity contribution is -0.119. The van der Waals surface area contributed by atoms with Gasteiger partial charge in [0, 0.05) is 4.90 Å². The lowest BCUT2D eigenvalue weighted by Gasteiger charge is -2.22. The van der Waals surface area contributed by atoms with E-state index < -0.39 is 5.54 Å². The highest BCUT2D eigenvalue weighted by atomic mass is 35.5. The van der Waals surface area contributed by atoms with Gasteiger partial charge in [-0.2, -0.15) is 5.26 Å². The van der Waals surface area contributed by atoms with Gasteiger partial charge in [-0.1, -0.05) is 23.7 Å². The van der Waals surface area contributed by atoms with Gasteiger partial charge in [-0.3, -0.25) is 4.79 Å². The summed E-state index contributed by atoms with van der Waals surface area (Å²) in [4.78, 5) is 12.8. The van der Waals surface area contributed by atoms with Gasteiger partial charge in [-0.25, -0.2) is 0 Å². The molecule has 3 nitrogen and oxygen atoms in total. The van der Waals surface area contributed by atoms with Crippen molar-refractivity contribution in [3.8, 4) is 6.07 Å². The van der Waals surface area contributed by atoms with Gasteiger partial charge < -0.3 is 5.32 Å². The number of halogens is 1. The molecule has 1 amide bonds. The summed E-state index contributed by atoms with van der Waals surface area (Å²) in [6, 6.07) is 9.63. The predicted molar refractivity (Wildman–Crippen MR) is 77.1 cm³/mol. The average molecular weight is 295 g/mol. The van der Waals surface area contributed by atoms with Crippen molar-refractivity contribution >= 4 is 29.3 Å². The molecule has 1 saturated carbocycles. The Morgan fingerprint density at radius 2 is 2.26 bits per heavy atom. The molecule has 0 saturated heterocycles. The predicted octanol–water partition coefficient (Wildman–Crippen LogP) is 3.24. The first-order chi connectivity index (χ1) is 9.05. The average Bonchev–Trinajstić information content (AvgIpc) is 3.22. The van der Waals surface area contributed by atoms with Gasteiger partial charge in [0.1, 0.15) is 5.54 Å². The third kappa shape index (κ3) is 3.65. The SMILES string of the molecule is CC(C#N)(NC(=O)CSc1ccccc1Cl)C1CC1. The Bertz CT molecular complexity index is 524. The van der Waals surface area contributed by atoms with Crippen LogP contribution in [0.25, 0.3) is 0 Å². The van der Waals surface area contributed by atoms with Crippen LogP contribution in [0.3, 0.4) is 0 Å². The minimum absolute atomic E-state index is 0.124. The number of carbonyl (C=O) groups excluding carboxylic acids is 1. The molecular formula is C14H15ClN2OS. The number of carbonyl (C=O) groups is 1. The molecule has 1 N–H and O–H groups in total. The molecule has 100 valence electrons. The summed E-state index contributed by atoms with van der Waals surface area (Å²) in [6.45, 7) is 1.79. The van der Waals surface area contributed by atoms with Crippen LogP contribution in [0, 0.1) is 17.2 Å². The van der Waals surface area contributed by atoms with E-state index in [1.807, 2.05) is 18.2 Å². The van der Waals surface area contributed by atoms with Gasteiger partial charge in [0.2, 0.25) is 5.91 Å². The second-order valence-corrected chi connectivity index (χ2v) is 6.28. The lowest BCUT2D eigenvalue weighted by atomic mass is 9.98. The van der Waals surface area contributed by atoms with Crippen molar-refractivity contribution in [1.82, 2.24) is 5.32 Å². The van der Waals surface area contributed by atoms with Crippen LogP contribution in [0.5, 0.6) is 0 Å². The molecule has 1 aromatic rings. The molecule has 0 heterocycles. The number of hydrogen-bond acceptors (Lipinski definition) is 3. The van der Waals surface area contributed by atoms with E-state index in [0.717, 1.165) is 17.7 Å². The quantitative estimate of drug-likeness (QED) is 0.848. The van der Waals surface area contributed by atoms with Crippen LogP contribution in [0.2, 0.25) is 5.02 Å². The molecule has 1 atom stereocenters. The molecule has 1 fully saturated rings. The van der Waals surface area contributed by atoms with Crippen LogP contribution in [0.15, 0.2) is 29.2 Å². The summed E-state index contributed by atoms with van der Waals surface area (Å²) in [5.41, 5.74) is -0.724. The number of nitrogens with zero attached hydrogens (tertiary/aromatic N) is 1. The van der Waals surface area contributed by atoms with Crippen molar-refractivity contribution in [2.45, 2.75) is 30.2 Å². The maximum atomic E-state index is 11.9. The van der Waals surface area contributed by atoms with Crippen LogP contribution in [-0.4, -0.2) is 17.2 Å². The topological polar surface area (TPSA) is 52.9 Å². The summed E-state index contributed by atoms with van der Waals surface area (Å²) in [7, 11) is 0. The first kappa shape index (κ1) is 14.2. The van der Waals surface area contributed by atoms with Crippen molar-refractivity contribution in [2.75, 3.05) is 5.75 Å². The highest BCUT2D eigenvalue weighted by molar-refractivity contribution is 8.00. The third-order valence-electron chi connectivity index (χ3n) is 3.22. The summed E-state index contributed by atoms with van der Waals surface area (Å²) in [5.74, 6) is 0.445. The fraction of sp³-hybridized carbons (Fsp3) is 0.429. The highest BCUT2D eigenvalue weighted by Gasteiger charge is 2.42. The van der Waals surface area contributed by atoms with Crippen molar-refractivity contribution in [3.05, 3.63) is 29.3 Å². The summed E-state index contributed by atoms with van der Waals surface area (Å²) >= 11 is 7.41. The number of amides is 1. The van der Waals surface area contributed by atoms with Crippen molar-refractivity contribution in [3.63, 3.8) is 0 Å². The Labute approximate surface area is 122 Å². The zero-order valence-corrected chi connectivity index (χ0v) is 12.2. The molecule has 0 aromatic heterocycles. The van der Waals surface area contributed by atoms with Crippen molar-refractivity contribution < 1.29 is 4.79 Å². The van der Waals surface area contributed by atoms with Gasteiger partial charge in [0.25, 0.3) is 0 Å². The number of nitrogens with one attached hydrogen (secondary N) is 1. The van der Waals surface area contributed by atoms with Crippen LogP contribution >= 0.6 is 23.4 Å². The summed E-state index contributed by atoms with van der Waals surface area (Å²) in [5, 5.41) is 12.7. The molecule has 19 heavy (non-hydrogen) atoms. The van der Waals surface area contributed by atoms with E-state index in [1.165, 1.54) is 11.8 Å². The second kappa shape index (κ2) is 5.85. The van der Waals surface area contributed by atoms with Crippen molar-refractivity contribution in [1.29, 1.82) is 5.26 Å². The largest absolute Gasteiger partial charge is 0.337 e. The zero-order chi connectivity index (χ0) is 13.9. The fourth-order valence-corrected chi connectivity index (χ4v) is 2.95. The Balaban J connectivity index is 1.88. The molecule has 0 aliphatic heterocycles. The van der Waals surface area contributed by atoms with E-state index in [0.29, 0.717) is 10.9 Å². The second-order valence-electron chi connectivity index (χ2n) is 4.86. The van der Waals surface area contributed by atoms with E-state index in [9.17, 15) is 10.1 Å². The maximum Gasteiger partial charge on any atom is 0.231 e. The van der Waals surface area contributed by atoms with Crippen LogP contribution in [-0.2, 0) is 4.79 Å². The molecule has 2 rings (SSSR count). The normalized spacial score (nSPS) is 17.3. The van der Waals surface area contributed by atoms with Gasteiger partial charge >= 0.3 is 0 Å². The minimum Gasteiger partial charge on any atom is -0.337 e. The number of thioether (sulfide) groups is 1. The van der Waals surface area contributed by atoms with Gasteiger partial charge in [-0.15, -0.1) is 11.8 Å². The number of hydrogen-bond donors (Lipinski definition) is 1. The highest BCUT2D eigenvalue weighted by Crippen LogP contribution is 2.39. The van der Waals surface area contributed by atoms with Crippen LogP contribution in [0.1, 0.15) is 19.8 Å². The van der Waals surface area contributed by atoms with E-state index in [1.54, 1.807) is 13.0 Å². The van der Waals surface area contributed by atoms with Crippen molar-refractivity contribution in [2.24, 2.45) is 5.92 Å². The number of nitriles is 1. The molecule has 0 bridgehead atoms. The standard InChI is InChI=1S/C14H15ClN2OS/c1-14(9-16,10-6-7-10)17-13(18)8-19-12-5-3-2-4-11(12)15/h2-5,10H,6-8H2,1H3,(H,17,18). The Morgan fingerprint density at radius 3 is 2.84 bits per heavy atom. The first-order valence-electron chi connectivity index (χ1n) is 6.15. The molecule has 1 aromatic carbocycles. The Kier molecular flexibility index (Phi) is 4.38. The van der Waals surface area contributed by atoms with Gasteiger partial charge in [0.15, 0.2) is 0 Å². The first-order valence-corrected chi connectivity index (χ1v) is 7.51.